The van der Waals surface area contributed by atoms with Crippen LogP contribution in [0.15, 0.2) is 48.5 Å². The lowest BCUT2D eigenvalue weighted by Crippen LogP contribution is -2.43. The molecule has 0 saturated carbocycles. The molecule has 0 aliphatic carbocycles. The summed E-state index contributed by atoms with van der Waals surface area (Å²) in [5, 5.41) is 3.09. The number of amides is 1. The van der Waals surface area contributed by atoms with Gasteiger partial charge in [-0.05, 0) is 36.8 Å². The van der Waals surface area contributed by atoms with Gasteiger partial charge in [0.15, 0.2) is 0 Å². The SMILES string of the molecule is COc1ccc(C(CNC(=O)c2ccc(C)cc2)N2CCOCC2)cc1. The summed E-state index contributed by atoms with van der Waals surface area (Å²) in [5.41, 5.74) is 2.99. The molecular weight excluding hydrogens is 328 g/mol. The smallest absolute Gasteiger partial charge is 0.251 e. The lowest BCUT2D eigenvalue weighted by molar-refractivity contribution is 0.0162. The molecule has 1 unspecified atom stereocenters. The number of benzene rings is 2. The molecule has 1 aliphatic heterocycles. The highest BCUT2D eigenvalue weighted by Gasteiger charge is 2.23. The maximum atomic E-state index is 12.5. The van der Waals surface area contributed by atoms with E-state index in [1.54, 1.807) is 7.11 Å². The summed E-state index contributed by atoms with van der Waals surface area (Å²) in [4.78, 5) is 14.9. The molecule has 26 heavy (non-hydrogen) atoms. The van der Waals surface area contributed by atoms with E-state index in [-0.39, 0.29) is 11.9 Å². The number of morpholine rings is 1. The lowest BCUT2D eigenvalue weighted by atomic mass is 10.0. The summed E-state index contributed by atoms with van der Waals surface area (Å²) in [6.45, 7) is 5.73. The van der Waals surface area contributed by atoms with Gasteiger partial charge in [-0.2, -0.15) is 0 Å². The topological polar surface area (TPSA) is 50.8 Å². The van der Waals surface area contributed by atoms with Gasteiger partial charge < -0.3 is 14.8 Å². The van der Waals surface area contributed by atoms with Gasteiger partial charge in [0, 0.05) is 25.2 Å². The molecule has 1 aliphatic rings. The highest BCUT2D eigenvalue weighted by Crippen LogP contribution is 2.23. The van der Waals surface area contributed by atoms with Gasteiger partial charge in [0.2, 0.25) is 0 Å². The number of carbonyl (C=O) groups excluding carboxylic acids is 1. The molecule has 0 radical (unpaired) electrons. The summed E-state index contributed by atoms with van der Waals surface area (Å²) in [6.07, 6.45) is 0. The number of nitrogens with one attached hydrogen (secondary N) is 1. The van der Waals surface area contributed by atoms with Gasteiger partial charge in [-0.1, -0.05) is 29.8 Å². The first-order valence-electron chi connectivity index (χ1n) is 8.98. The highest BCUT2D eigenvalue weighted by molar-refractivity contribution is 5.94. The monoisotopic (exact) mass is 354 g/mol. The summed E-state index contributed by atoms with van der Waals surface area (Å²) < 4.78 is 10.7. The van der Waals surface area contributed by atoms with Gasteiger partial charge in [-0.25, -0.2) is 0 Å². The number of hydrogen-bond acceptors (Lipinski definition) is 4. The van der Waals surface area contributed by atoms with Gasteiger partial charge in [-0.3, -0.25) is 9.69 Å². The van der Waals surface area contributed by atoms with Crippen molar-refractivity contribution in [3.63, 3.8) is 0 Å². The first-order chi connectivity index (χ1) is 12.7. The Morgan fingerprint density at radius 2 is 1.77 bits per heavy atom. The van der Waals surface area contributed by atoms with Crippen LogP contribution in [0, 0.1) is 6.92 Å². The van der Waals surface area contributed by atoms with Crippen LogP contribution in [0.3, 0.4) is 0 Å². The zero-order chi connectivity index (χ0) is 18.4. The molecule has 2 aromatic rings. The first kappa shape index (κ1) is 18.4. The fourth-order valence-corrected chi connectivity index (χ4v) is 3.17. The molecule has 5 nitrogen and oxygen atoms in total. The Hall–Kier alpha value is -2.37. The molecule has 3 rings (SSSR count). The minimum Gasteiger partial charge on any atom is -0.497 e. The largest absolute Gasteiger partial charge is 0.497 e. The van der Waals surface area contributed by atoms with E-state index < -0.39 is 0 Å². The van der Waals surface area contributed by atoms with Gasteiger partial charge in [0.1, 0.15) is 5.75 Å². The standard InChI is InChI=1S/C21H26N2O3/c1-16-3-5-18(6-4-16)21(24)22-15-20(23-11-13-26-14-12-23)17-7-9-19(25-2)10-8-17/h3-10,20H,11-15H2,1-2H3,(H,22,24). The number of rotatable bonds is 6. The van der Waals surface area contributed by atoms with Crippen molar-refractivity contribution in [2.24, 2.45) is 0 Å². The highest BCUT2D eigenvalue weighted by atomic mass is 16.5. The molecule has 138 valence electrons. The number of hydrogen-bond donors (Lipinski definition) is 1. The molecular formula is C21H26N2O3. The number of nitrogens with zero attached hydrogens (tertiary/aromatic N) is 1. The Labute approximate surface area is 154 Å². The second-order valence-electron chi connectivity index (χ2n) is 6.51. The molecule has 1 saturated heterocycles. The van der Waals surface area contributed by atoms with Crippen molar-refractivity contribution in [2.45, 2.75) is 13.0 Å². The zero-order valence-electron chi connectivity index (χ0n) is 15.4. The quantitative estimate of drug-likeness (QED) is 0.867. The number of carbonyl (C=O) groups is 1. The van der Waals surface area contributed by atoms with Crippen molar-refractivity contribution in [3.05, 3.63) is 65.2 Å². The van der Waals surface area contributed by atoms with Crippen LogP contribution < -0.4 is 10.1 Å². The van der Waals surface area contributed by atoms with Crippen molar-refractivity contribution < 1.29 is 14.3 Å². The minimum absolute atomic E-state index is 0.0447. The van der Waals surface area contributed by atoms with Crippen molar-refractivity contribution in [1.29, 1.82) is 0 Å². The Bertz CT molecular complexity index is 707. The van der Waals surface area contributed by atoms with E-state index in [0.717, 1.165) is 43.2 Å². The maximum Gasteiger partial charge on any atom is 0.251 e. The maximum absolute atomic E-state index is 12.5. The Morgan fingerprint density at radius 1 is 1.12 bits per heavy atom. The van der Waals surface area contributed by atoms with Crippen LogP contribution in [0.4, 0.5) is 0 Å². The van der Waals surface area contributed by atoms with Crippen LogP contribution in [0.2, 0.25) is 0 Å². The summed E-state index contributed by atoms with van der Waals surface area (Å²) >= 11 is 0. The van der Waals surface area contributed by atoms with Crippen LogP contribution in [0.1, 0.15) is 27.5 Å². The van der Waals surface area contributed by atoms with E-state index in [4.69, 9.17) is 9.47 Å². The molecule has 0 spiro atoms. The number of ether oxygens (including phenoxy) is 2. The van der Waals surface area contributed by atoms with Crippen LogP contribution >= 0.6 is 0 Å². The minimum atomic E-state index is -0.0447. The molecule has 5 heteroatoms. The van der Waals surface area contributed by atoms with Gasteiger partial charge in [0.25, 0.3) is 5.91 Å². The van der Waals surface area contributed by atoms with Gasteiger partial charge in [0.05, 0.1) is 26.4 Å². The first-order valence-corrected chi connectivity index (χ1v) is 8.98. The van der Waals surface area contributed by atoms with E-state index in [1.807, 2.05) is 43.3 Å². The molecule has 1 atom stereocenters. The Balaban J connectivity index is 1.72. The summed E-state index contributed by atoms with van der Waals surface area (Å²) in [7, 11) is 1.66. The average Bonchev–Trinajstić information content (AvgIpc) is 2.70. The summed E-state index contributed by atoms with van der Waals surface area (Å²) in [5.74, 6) is 0.787. The lowest BCUT2D eigenvalue weighted by Gasteiger charge is -2.35. The third-order valence-electron chi connectivity index (χ3n) is 4.76. The second kappa shape index (κ2) is 8.83. The Kier molecular flexibility index (Phi) is 6.26. The number of aryl methyl sites for hydroxylation is 1. The fraction of sp³-hybridized carbons (Fsp3) is 0.381. The van der Waals surface area contributed by atoms with Crippen molar-refractivity contribution in [3.8, 4) is 5.75 Å². The van der Waals surface area contributed by atoms with E-state index in [2.05, 4.69) is 22.3 Å². The second-order valence-corrected chi connectivity index (χ2v) is 6.51. The molecule has 0 aromatic heterocycles. The van der Waals surface area contributed by atoms with Crippen molar-refractivity contribution in [2.75, 3.05) is 40.0 Å². The zero-order valence-corrected chi connectivity index (χ0v) is 15.4. The normalized spacial score (nSPS) is 16.1. The molecule has 1 amide bonds. The Morgan fingerprint density at radius 3 is 2.38 bits per heavy atom. The molecule has 2 aromatic carbocycles. The van der Waals surface area contributed by atoms with Crippen LogP contribution in [0.5, 0.6) is 5.75 Å². The predicted octanol–water partition coefficient (Wildman–Crippen LogP) is 2.81. The number of methoxy groups -OCH3 is 1. The van der Waals surface area contributed by atoms with Crippen molar-refractivity contribution in [1.82, 2.24) is 10.2 Å². The van der Waals surface area contributed by atoms with Crippen LogP contribution in [-0.2, 0) is 4.74 Å². The van der Waals surface area contributed by atoms with Crippen LogP contribution in [0.25, 0.3) is 0 Å². The average molecular weight is 354 g/mol. The predicted molar refractivity (Wildman–Crippen MR) is 102 cm³/mol. The molecule has 1 heterocycles. The third-order valence-corrected chi connectivity index (χ3v) is 4.76. The van der Waals surface area contributed by atoms with Gasteiger partial charge >= 0.3 is 0 Å². The van der Waals surface area contributed by atoms with Crippen molar-refractivity contribution >= 4 is 5.91 Å². The molecule has 1 N–H and O–H groups in total. The van der Waals surface area contributed by atoms with E-state index >= 15 is 0 Å². The summed E-state index contributed by atoms with van der Waals surface area (Å²) in [6, 6.07) is 15.8. The molecule has 1 fully saturated rings. The third kappa shape index (κ3) is 4.62. The van der Waals surface area contributed by atoms with E-state index in [0.29, 0.717) is 12.1 Å². The fourth-order valence-electron chi connectivity index (χ4n) is 3.17. The van der Waals surface area contributed by atoms with E-state index in [1.165, 1.54) is 0 Å². The van der Waals surface area contributed by atoms with Gasteiger partial charge in [-0.15, -0.1) is 0 Å². The van der Waals surface area contributed by atoms with Crippen LogP contribution in [-0.4, -0.2) is 50.8 Å². The van der Waals surface area contributed by atoms with E-state index in [9.17, 15) is 4.79 Å². The molecule has 0 bridgehead atoms.